The highest BCUT2D eigenvalue weighted by molar-refractivity contribution is 8.44. The maximum atomic E-state index is 16.4. The second-order valence-electron chi connectivity index (χ2n) is 13.9. The summed E-state index contributed by atoms with van der Waals surface area (Å²) in [7, 11) is -2.70. The number of hydrogen-bond donors (Lipinski definition) is 4. The molecule has 0 amide bonds. The average Bonchev–Trinajstić information content (AvgIpc) is 3.81. The fraction of sp³-hybridized carbons (Fsp3) is 0.556. The monoisotopic (exact) mass is 818 g/mol. The molecule has 3 aliphatic rings. The van der Waals surface area contributed by atoms with Gasteiger partial charge in [0, 0.05) is 0 Å². The Labute approximate surface area is 307 Å². The zero-order valence-electron chi connectivity index (χ0n) is 28.6. The van der Waals surface area contributed by atoms with Gasteiger partial charge in [0.1, 0.15) is 54.1 Å². The van der Waals surface area contributed by atoms with Crippen LogP contribution in [0.25, 0.3) is 22.3 Å². The number of nitrogen functional groups attached to an aromatic ring is 2. The lowest BCUT2D eigenvalue weighted by Gasteiger charge is -2.39. The Morgan fingerprint density at radius 3 is 2.04 bits per heavy atom. The molecule has 2 unspecified atom stereocenters. The zero-order chi connectivity index (χ0) is 37.5. The number of rotatable bonds is 4. The van der Waals surface area contributed by atoms with Crippen LogP contribution < -0.4 is 11.5 Å². The number of nitrogens with two attached hydrogens (primary N) is 2. The fourth-order valence-corrected chi connectivity index (χ4v) is 10.2. The highest BCUT2D eigenvalue weighted by atomic mass is 32.7. The van der Waals surface area contributed by atoms with Crippen LogP contribution in [0.1, 0.15) is 40.2 Å². The molecule has 282 valence electrons. The molecule has 2 fully saturated rings. The summed E-state index contributed by atoms with van der Waals surface area (Å²) < 4.78 is 90.3. The van der Waals surface area contributed by atoms with Gasteiger partial charge in [0.15, 0.2) is 55.5 Å². The second kappa shape index (κ2) is 13.2. The number of ether oxygens (including phenoxy) is 2. The van der Waals surface area contributed by atoms with Crippen molar-refractivity contribution in [3.63, 3.8) is 0 Å². The molecule has 2 saturated heterocycles. The van der Waals surface area contributed by atoms with Gasteiger partial charge in [0.25, 0.3) is 0 Å². The minimum Gasteiger partial charge on any atom is -0.465 e. The molecule has 19 nitrogen and oxygen atoms in total. The molecule has 2 bridgehead atoms. The van der Waals surface area contributed by atoms with E-state index in [4.69, 9.17) is 43.5 Å². The van der Waals surface area contributed by atoms with Crippen molar-refractivity contribution in [2.45, 2.75) is 88.9 Å². The Morgan fingerprint density at radius 2 is 1.46 bits per heavy atom. The molecule has 25 heteroatoms. The van der Waals surface area contributed by atoms with Crippen molar-refractivity contribution < 1.29 is 45.5 Å². The summed E-state index contributed by atoms with van der Waals surface area (Å²) >= 11 is 8.53. The summed E-state index contributed by atoms with van der Waals surface area (Å²) in [5.74, 6) is 0.0818. The van der Waals surface area contributed by atoms with Crippen LogP contribution in [0.5, 0.6) is 0 Å². The summed E-state index contributed by atoms with van der Waals surface area (Å²) in [4.78, 5) is 24.9. The van der Waals surface area contributed by atoms with E-state index in [1.54, 1.807) is 0 Å². The van der Waals surface area contributed by atoms with Crippen LogP contribution in [-0.4, -0.2) is 84.5 Å². The number of nitrogens with zero attached hydrogens (tertiary/aromatic N) is 8. The van der Waals surface area contributed by atoms with Crippen LogP contribution in [0.3, 0.4) is 0 Å². The number of imidazole rings is 2. The number of allylic oxidation sites excluding steroid dienone is 1. The highest BCUT2D eigenvalue weighted by Crippen LogP contribution is 2.62. The van der Waals surface area contributed by atoms with Crippen LogP contribution in [0.4, 0.5) is 16.0 Å². The maximum absolute atomic E-state index is 16.4. The molecule has 9 atom stereocenters. The molecule has 0 saturated carbocycles. The van der Waals surface area contributed by atoms with E-state index >= 15 is 4.39 Å². The van der Waals surface area contributed by atoms with Crippen molar-refractivity contribution in [3.8, 4) is 0 Å². The van der Waals surface area contributed by atoms with E-state index in [2.05, 4.69) is 54.4 Å². The van der Waals surface area contributed by atoms with Crippen LogP contribution in [0.15, 0.2) is 36.8 Å². The Balaban J connectivity index is 1.31. The molecule has 4 aromatic rings. The first-order chi connectivity index (χ1) is 24.3. The van der Waals surface area contributed by atoms with Crippen LogP contribution >= 0.6 is 38.1 Å². The van der Waals surface area contributed by atoms with Gasteiger partial charge in [-0.05, 0) is 37.3 Å². The van der Waals surface area contributed by atoms with Crippen molar-refractivity contribution in [1.82, 2.24) is 39.0 Å². The average molecular weight is 819 g/mol. The molecular weight excluding hydrogens is 782 g/mol. The smallest absolute Gasteiger partial charge is 0.437 e. The first kappa shape index (κ1) is 37.5. The van der Waals surface area contributed by atoms with Gasteiger partial charge < -0.3 is 29.9 Å². The number of aromatic nitrogens is 8. The van der Waals surface area contributed by atoms with Gasteiger partial charge in [0.05, 0.1) is 12.9 Å². The molecule has 0 spiro atoms. The molecule has 0 radical (unpaired) electrons. The van der Waals surface area contributed by atoms with Gasteiger partial charge in [-0.2, -0.15) is 0 Å². The van der Waals surface area contributed by atoms with Crippen molar-refractivity contribution in [2.75, 3.05) is 18.1 Å². The first-order valence-corrected chi connectivity index (χ1v) is 24.1. The third kappa shape index (κ3) is 6.73. The minimum atomic E-state index is -4.49. The molecule has 52 heavy (non-hydrogen) atoms. The SMILES string of the molecule is C/C1=C2\O[C@@H](n3cnc4c(N)ncnc43)[C@H](OP(=O)(S)OC[C@H]3O[C@@H](n4cnc5c(N)ncnc54)[C@H](F)[C@@H]3OP(=O)(S)O1)[C@@H]2O[Si](C)(C)C(C)(C)C. The van der Waals surface area contributed by atoms with Crippen LogP contribution in [0, 0.1) is 0 Å². The van der Waals surface area contributed by atoms with Crippen molar-refractivity contribution >= 4 is 80.4 Å². The number of anilines is 2. The van der Waals surface area contributed by atoms with Gasteiger partial charge >= 0.3 is 13.6 Å². The Bertz CT molecular complexity index is 2170. The first-order valence-electron chi connectivity index (χ1n) is 15.8. The van der Waals surface area contributed by atoms with Gasteiger partial charge in [-0.15, -0.1) is 0 Å². The van der Waals surface area contributed by atoms with E-state index in [0.29, 0.717) is 0 Å². The standard InChI is InChI=1S/C27H37FN10O9P2S2Si/c1-12-17-19(47-52(5,6)27(2,3)4)20(26(43-17)38-11-36-16-22(30)32-9-34-24(16)38)46-48(39,50)41-7-13-18(45-49(40,51)44-12)14(28)25(42-13)37-10-35-15-21(29)31-8-33-23(15)37/h8-11,13-14,18-20,25-26H,7H2,1-6H3,(H,39,50)(H,40,51)(H2,29,31,33)(H2,30,32,34)/b17-12+/t13-,14-,18-,19-,20-,25-,26-,48?,49?/m1/s1. The summed E-state index contributed by atoms with van der Waals surface area (Å²) in [6.45, 7) is 2.00. The summed E-state index contributed by atoms with van der Waals surface area (Å²) in [5, 5.41) is -0.329. The molecule has 3 aliphatic heterocycles. The number of hydrogen-bond acceptors (Lipinski definition) is 17. The molecular formula is C27H37FN10O9P2S2Si. The quantitative estimate of drug-likeness (QED) is 0.119. The number of alkyl halides is 1. The van der Waals surface area contributed by atoms with Crippen molar-refractivity contribution in [1.29, 1.82) is 0 Å². The van der Waals surface area contributed by atoms with Crippen LogP contribution in [-0.2, 0) is 41.1 Å². The van der Waals surface area contributed by atoms with Gasteiger partial charge in [0.2, 0.25) is 6.23 Å². The molecule has 7 heterocycles. The van der Waals surface area contributed by atoms with Crippen LogP contribution in [0.2, 0.25) is 18.1 Å². The second-order valence-corrected chi connectivity index (χ2v) is 24.3. The zero-order valence-corrected chi connectivity index (χ0v) is 33.2. The van der Waals surface area contributed by atoms with E-state index < -0.39 is 71.6 Å². The summed E-state index contributed by atoms with van der Waals surface area (Å²) in [6.07, 6.45) is -4.95. The van der Waals surface area contributed by atoms with E-state index in [1.165, 1.54) is 41.4 Å². The fourth-order valence-electron chi connectivity index (χ4n) is 5.82. The minimum absolute atomic E-state index is 0.00483. The molecule has 0 aliphatic carbocycles. The third-order valence-corrected chi connectivity index (χ3v) is 17.0. The van der Waals surface area contributed by atoms with E-state index in [9.17, 15) is 9.13 Å². The molecule has 4 aromatic heterocycles. The summed E-state index contributed by atoms with van der Waals surface area (Å²) in [6, 6.07) is 0. The lowest BCUT2D eigenvalue weighted by Crippen LogP contribution is -2.47. The molecule has 0 aromatic carbocycles. The largest absolute Gasteiger partial charge is 0.465 e. The molecule has 7 rings (SSSR count). The van der Waals surface area contributed by atoms with Crippen molar-refractivity contribution in [2.24, 2.45) is 0 Å². The Morgan fingerprint density at radius 1 is 0.904 bits per heavy atom. The lowest BCUT2D eigenvalue weighted by atomic mass is 10.1. The normalized spacial score (nSPS) is 34.7. The van der Waals surface area contributed by atoms with Crippen molar-refractivity contribution in [3.05, 3.63) is 36.8 Å². The molecule has 4 N–H and O–H groups in total. The highest BCUT2D eigenvalue weighted by Gasteiger charge is 2.56. The summed E-state index contributed by atoms with van der Waals surface area (Å²) in [5.41, 5.74) is 12.9. The number of thiol groups is 2. The lowest BCUT2D eigenvalue weighted by molar-refractivity contribution is -0.0457. The van der Waals surface area contributed by atoms with E-state index in [-0.39, 0.29) is 50.5 Å². The van der Waals surface area contributed by atoms with Gasteiger partial charge in [-0.25, -0.2) is 43.4 Å². The topological polar surface area (TPSA) is 238 Å². The Kier molecular flexibility index (Phi) is 9.49. The Hall–Kier alpha value is -2.85. The van der Waals surface area contributed by atoms with E-state index in [1.807, 2.05) is 33.9 Å². The van der Waals surface area contributed by atoms with Gasteiger partial charge in [-0.1, -0.05) is 33.0 Å². The number of fused-ring (bicyclic) bond motifs is 5. The van der Waals surface area contributed by atoms with Gasteiger partial charge in [-0.3, -0.25) is 22.7 Å². The predicted octanol–water partition coefficient (Wildman–Crippen LogP) is 5.11. The maximum Gasteiger partial charge on any atom is 0.437 e. The predicted molar refractivity (Wildman–Crippen MR) is 193 cm³/mol. The van der Waals surface area contributed by atoms with E-state index in [0.717, 1.165) is 0 Å². The third-order valence-electron chi connectivity index (χ3n) is 9.41. The number of halogens is 1.